The van der Waals surface area contributed by atoms with Gasteiger partial charge in [-0.1, -0.05) is 23.7 Å². The Morgan fingerprint density at radius 3 is 2.21 bits per heavy atom. The van der Waals surface area contributed by atoms with Crippen molar-refractivity contribution in [3.63, 3.8) is 0 Å². The third-order valence-corrected chi connectivity index (χ3v) is 6.76. The number of ether oxygens (including phenoxy) is 1. The molecule has 15 nitrogen and oxygen atoms in total. The number of benzene rings is 1. The summed E-state index contributed by atoms with van der Waals surface area (Å²) in [6.45, 7) is 0.984. The number of guanidine groups is 1. The van der Waals surface area contributed by atoms with Gasteiger partial charge in [0.15, 0.2) is 22.6 Å². The van der Waals surface area contributed by atoms with Crippen LogP contribution < -0.4 is 21.5 Å². The van der Waals surface area contributed by atoms with Crippen LogP contribution in [-0.4, -0.2) is 128 Å². The summed E-state index contributed by atoms with van der Waals surface area (Å²) < 4.78 is 5.76. The maximum absolute atomic E-state index is 12.3. The number of rotatable bonds is 18. The molecule has 0 fully saturated rings. The van der Waals surface area contributed by atoms with Gasteiger partial charge in [-0.3, -0.25) is 20.0 Å². The first-order valence-corrected chi connectivity index (χ1v) is 14.1. The minimum Gasteiger partial charge on any atom is -0.492 e. The lowest BCUT2D eigenvalue weighted by Crippen LogP contribution is -2.47. The third-order valence-electron chi connectivity index (χ3n) is 6.40. The zero-order valence-corrected chi connectivity index (χ0v) is 24.8. The van der Waals surface area contributed by atoms with E-state index in [9.17, 15) is 25.2 Å². The zero-order chi connectivity index (χ0) is 31.9. The Labute approximate surface area is 254 Å². The van der Waals surface area contributed by atoms with Gasteiger partial charge in [-0.25, -0.2) is 9.97 Å². The second kappa shape index (κ2) is 18.5. The topological polar surface area (TPSA) is 253 Å². The molecule has 11 N–H and O–H groups in total. The summed E-state index contributed by atoms with van der Waals surface area (Å²) in [6.07, 6.45) is -2.97. The number of aliphatic imine (C=N–C) groups is 1. The largest absolute Gasteiger partial charge is 0.492 e. The molecule has 43 heavy (non-hydrogen) atoms. The molecule has 1 heterocycles. The molecule has 0 unspecified atom stereocenters. The van der Waals surface area contributed by atoms with E-state index in [4.69, 9.17) is 38.0 Å². The smallest absolute Gasteiger partial charge is 0.280 e. The zero-order valence-electron chi connectivity index (χ0n) is 24.0. The molecule has 16 heteroatoms. The third kappa shape index (κ3) is 12.5. The SMILES string of the molecule is Cc1nc(N)c(C(=O)NC(N)=NCCCCc2ccc(OCCN(C[C@H](O)[C@H](O)CO)C[C@H](O)[C@H](O)CO)cc2)nc1Cl. The van der Waals surface area contributed by atoms with Gasteiger partial charge < -0.3 is 46.8 Å². The van der Waals surface area contributed by atoms with E-state index in [0.29, 0.717) is 18.0 Å². The van der Waals surface area contributed by atoms with Gasteiger partial charge in [0.25, 0.3) is 5.91 Å². The molecule has 0 saturated carbocycles. The Hall–Kier alpha value is -3.15. The maximum Gasteiger partial charge on any atom is 0.280 e. The lowest BCUT2D eigenvalue weighted by Gasteiger charge is -2.29. The molecular weight excluding hydrogens is 586 g/mol. The number of anilines is 1. The molecule has 0 spiro atoms. The summed E-state index contributed by atoms with van der Waals surface area (Å²) in [4.78, 5) is 25.9. The van der Waals surface area contributed by atoms with Gasteiger partial charge in [-0.15, -0.1) is 0 Å². The molecule has 0 saturated heterocycles. The minimum absolute atomic E-state index is 0.0600. The number of hydrogen-bond donors (Lipinski definition) is 9. The highest BCUT2D eigenvalue weighted by Gasteiger charge is 2.24. The number of aryl methyl sites for hydroxylation is 2. The Morgan fingerprint density at radius 2 is 1.63 bits per heavy atom. The van der Waals surface area contributed by atoms with Gasteiger partial charge >= 0.3 is 0 Å². The highest BCUT2D eigenvalue weighted by Crippen LogP contribution is 2.16. The van der Waals surface area contributed by atoms with Gasteiger partial charge in [0.05, 0.1) is 31.1 Å². The number of aliphatic hydroxyl groups excluding tert-OH is 6. The van der Waals surface area contributed by atoms with Gasteiger partial charge in [0, 0.05) is 26.2 Å². The standard InChI is InChI=1S/C27H42ClN7O8/c1-16-24(28)33-23(25(29)32-16)26(42)34-27(30)31-9-3-2-4-17-5-7-18(8-6-17)43-11-10-35(12-19(38)21(40)14-36)13-20(39)22(41)15-37/h5-8,19-22,36-41H,2-4,9-15H2,1H3,(H2,29,32)(H3,30,31,34,42)/t19-,20-,21+,22+/m0/s1. The van der Waals surface area contributed by atoms with Crippen LogP contribution in [0.2, 0.25) is 5.15 Å². The summed E-state index contributed by atoms with van der Waals surface area (Å²) >= 11 is 5.91. The van der Waals surface area contributed by atoms with Crippen LogP contribution in [0.3, 0.4) is 0 Å². The van der Waals surface area contributed by atoms with Crippen LogP contribution in [0.4, 0.5) is 5.82 Å². The van der Waals surface area contributed by atoms with E-state index >= 15 is 0 Å². The fraction of sp³-hybridized carbons (Fsp3) is 0.556. The van der Waals surface area contributed by atoms with Crippen LogP contribution in [0.5, 0.6) is 5.75 Å². The molecule has 0 radical (unpaired) electrons. The number of unbranched alkanes of at least 4 members (excludes halogenated alkanes) is 1. The molecule has 0 bridgehead atoms. The van der Waals surface area contributed by atoms with Gasteiger partial charge in [-0.2, -0.15) is 0 Å². The number of carbonyl (C=O) groups excluding carboxylic acids is 1. The van der Waals surface area contributed by atoms with E-state index in [1.165, 1.54) is 0 Å². The number of aromatic nitrogens is 2. The van der Waals surface area contributed by atoms with Crippen molar-refractivity contribution in [2.75, 3.05) is 51.7 Å². The summed E-state index contributed by atoms with van der Waals surface area (Å²) in [6, 6.07) is 7.47. The number of aliphatic hydroxyl groups is 6. The summed E-state index contributed by atoms with van der Waals surface area (Å²) in [5.74, 6) is -0.181. The Morgan fingerprint density at radius 1 is 1.02 bits per heavy atom. The molecule has 0 aliphatic rings. The average molecular weight is 628 g/mol. The van der Waals surface area contributed by atoms with E-state index in [1.807, 2.05) is 24.3 Å². The fourth-order valence-electron chi connectivity index (χ4n) is 3.86. The van der Waals surface area contributed by atoms with Crippen LogP contribution in [0.15, 0.2) is 29.3 Å². The molecule has 0 aliphatic heterocycles. The second-order valence-corrected chi connectivity index (χ2v) is 10.3. The number of hydrogen-bond acceptors (Lipinski definition) is 13. The summed E-state index contributed by atoms with van der Waals surface area (Å²) in [7, 11) is 0. The van der Waals surface area contributed by atoms with E-state index in [2.05, 4.69) is 20.3 Å². The van der Waals surface area contributed by atoms with E-state index in [1.54, 1.807) is 11.8 Å². The quantitative estimate of drug-likeness (QED) is 0.0503. The number of nitrogens with two attached hydrogens (primary N) is 2. The van der Waals surface area contributed by atoms with Crippen LogP contribution in [0, 0.1) is 6.92 Å². The molecular formula is C27H42ClN7O8. The first-order valence-electron chi connectivity index (χ1n) is 13.7. The number of nitrogens with zero attached hydrogens (tertiary/aromatic N) is 4. The Balaban J connectivity index is 1.76. The van der Waals surface area contributed by atoms with Crippen molar-refractivity contribution in [2.45, 2.75) is 50.6 Å². The lowest BCUT2D eigenvalue weighted by molar-refractivity contribution is -0.0551. The van der Waals surface area contributed by atoms with E-state index in [0.717, 1.165) is 24.8 Å². The molecule has 2 aromatic rings. The van der Waals surface area contributed by atoms with Crippen molar-refractivity contribution in [1.29, 1.82) is 0 Å². The highest BCUT2D eigenvalue weighted by molar-refractivity contribution is 6.30. The Bertz CT molecular complexity index is 1160. The van der Waals surface area contributed by atoms with Crippen LogP contribution in [-0.2, 0) is 6.42 Å². The summed E-state index contributed by atoms with van der Waals surface area (Å²) in [5, 5.41) is 60.0. The number of nitrogens with one attached hydrogen (secondary N) is 1. The second-order valence-electron chi connectivity index (χ2n) is 9.90. The van der Waals surface area contributed by atoms with Crippen LogP contribution >= 0.6 is 11.6 Å². The van der Waals surface area contributed by atoms with Crippen LogP contribution in [0.25, 0.3) is 0 Å². The van der Waals surface area contributed by atoms with Gasteiger partial charge in [0.2, 0.25) is 0 Å². The number of halogens is 1. The first kappa shape index (κ1) is 36.0. The molecule has 240 valence electrons. The maximum atomic E-state index is 12.3. The Kier molecular flexibility index (Phi) is 15.5. The van der Waals surface area contributed by atoms with Gasteiger partial charge in [0.1, 0.15) is 24.6 Å². The summed E-state index contributed by atoms with van der Waals surface area (Å²) in [5.41, 5.74) is 12.9. The predicted octanol–water partition coefficient (Wildman–Crippen LogP) is -1.80. The minimum atomic E-state index is -1.36. The predicted molar refractivity (Wildman–Crippen MR) is 160 cm³/mol. The lowest BCUT2D eigenvalue weighted by atomic mass is 10.1. The van der Waals surface area contributed by atoms with Crippen molar-refractivity contribution >= 4 is 29.3 Å². The normalized spacial score (nSPS) is 14.8. The molecule has 1 amide bonds. The van der Waals surface area contributed by atoms with E-state index in [-0.39, 0.29) is 48.9 Å². The van der Waals surface area contributed by atoms with Crippen molar-refractivity contribution in [2.24, 2.45) is 10.7 Å². The molecule has 1 aromatic carbocycles. The molecule has 1 aromatic heterocycles. The molecule has 0 aliphatic carbocycles. The van der Waals surface area contributed by atoms with Crippen molar-refractivity contribution in [1.82, 2.24) is 20.2 Å². The fourth-order valence-corrected chi connectivity index (χ4v) is 3.98. The van der Waals surface area contributed by atoms with Crippen molar-refractivity contribution in [3.8, 4) is 5.75 Å². The first-order chi connectivity index (χ1) is 20.4. The number of nitrogen functional groups attached to an aromatic ring is 1. The van der Waals surface area contributed by atoms with Crippen molar-refractivity contribution < 1.29 is 40.2 Å². The average Bonchev–Trinajstić information content (AvgIpc) is 2.98. The molecule has 4 atom stereocenters. The van der Waals surface area contributed by atoms with Gasteiger partial charge in [-0.05, 0) is 43.9 Å². The van der Waals surface area contributed by atoms with E-state index < -0.39 is 43.5 Å². The number of amides is 1. The number of carbonyl (C=O) groups is 1. The molecule has 2 rings (SSSR count). The van der Waals surface area contributed by atoms with Crippen molar-refractivity contribution in [3.05, 3.63) is 46.4 Å². The van der Waals surface area contributed by atoms with Crippen LogP contribution in [0.1, 0.15) is 34.6 Å². The monoisotopic (exact) mass is 627 g/mol. The highest BCUT2D eigenvalue weighted by atomic mass is 35.5.